The van der Waals surface area contributed by atoms with E-state index in [9.17, 15) is 0 Å². The van der Waals surface area contributed by atoms with Crippen molar-refractivity contribution in [2.45, 2.75) is 46.0 Å². The standard InChI is InChI=1S/C14H21N5/c1-10(2)13-16-14-15-11(3)9-12(19(14)17-13)18-7-5-4-6-8-18/h9-10H,4-8H2,1-3H3. The van der Waals surface area contributed by atoms with E-state index in [-0.39, 0.29) is 0 Å². The lowest BCUT2D eigenvalue weighted by molar-refractivity contribution is 0.567. The minimum Gasteiger partial charge on any atom is -0.356 e. The van der Waals surface area contributed by atoms with Crippen LogP contribution in [0.15, 0.2) is 6.07 Å². The van der Waals surface area contributed by atoms with E-state index in [1.165, 1.54) is 19.3 Å². The molecule has 2 aromatic rings. The molecule has 1 aliphatic heterocycles. The lowest BCUT2D eigenvalue weighted by Gasteiger charge is -2.28. The Kier molecular flexibility index (Phi) is 3.12. The maximum atomic E-state index is 4.63. The Bertz CT molecular complexity index is 581. The zero-order valence-corrected chi connectivity index (χ0v) is 11.9. The molecule has 0 atom stereocenters. The molecule has 0 saturated carbocycles. The van der Waals surface area contributed by atoms with Crippen molar-refractivity contribution in [1.29, 1.82) is 0 Å². The first kappa shape index (κ1) is 12.4. The fourth-order valence-corrected chi connectivity index (χ4v) is 2.58. The average molecular weight is 259 g/mol. The third kappa shape index (κ3) is 2.29. The summed E-state index contributed by atoms with van der Waals surface area (Å²) in [4.78, 5) is 11.4. The van der Waals surface area contributed by atoms with Crippen LogP contribution in [0, 0.1) is 6.92 Å². The van der Waals surface area contributed by atoms with Gasteiger partial charge in [-0.05, 0) is 26.2 Å². The number of rotatable bonds is 2. The summed E-state index contributed by atoms with van der Waals surface area (Å²) in [5, 5.41) is 4.63. The fourth-order valence-electron chi connectivity index (χ4n) is 2.58. The van der Waals surface area contributed by atoms with Gasteiger partial charge in [0, 0.05) is 30.8 Å². The molecular weight excluding hydrogens is 238 g/mol. The lowest BCUT2D eigenvalue weighted by Crippen LogP contribution is -2.31. The van der Waals surface area contributed by atoms with Gasteiger partial charge in [0.15, 0.2) is 5.82 Å². The van der Waals surface area contributed by atoms with Crippen molar-refractivity contribution >= 4 is 11.6 Å². The molecule has 2 aromatic heterocycles. The number of fused-ring (bicyclic) bond motifs is 1. The Hall–Kier alpha value is -1.65. The molecule has 1 fully saturated rings. The Labute approximate surface area is 113 Å². The average Bonchev–Trinajstić information content (AvgIpc) is 2.82. The number of hydrogen-bond donors (Lipinski definition) is 0. The van der Waals surface area contributed by atoms with E-state index < -0.39 is 0 Å². The molecule has 3 rings (SSSR count). The quantitative estimate of drug-likeness (QED) is 0.831. The number of aromatic nitrogens is 4. The Morgan fingerprint density at radius 1 is 1.11 bits per heavy atom. The number of aryl methyl sites for hydroxylation is 1. The third-order valence-electron chi connectivity index (χ3n) is 3.63. The first-order valence-electron chi connectivity index (χ1n) is 7.14. The van der Waals surface area contributed by atoms with Crippen molar-refractivity contribution in [3.05, 3.63) is 17.6 Å². The van der Waals surface area contributed by atoms with E-state index in [2.05, 4.69) is 39.9 Å². The Morgan fingerprint density at radius 2 is 1.84 bits per heavy atom. The molecule has 0 unspecified atom stereocenters. The minimum atomic E-state index is 0.330. The van der Waals surface area contributed by atoms with E-state index in [4.69, 9.17) is 0 Å². The van der Waals surface area contributed by atoms with E-state index in [0.717, 1.165) is 36.2 Å². The van der Waals surface area contributed by atoms with Crippen LogP contribution in [-0.2, 0) is 0 Å². The molecule has 0 aromatic carbocycles. The monoisotopic (exact) mass is 259 g/mol. The smallest absolute Gasteiger partial charge is 0.254 e. The molecule has 5 nitrogen and oxygen atoms in total. The SMILES string of the molecule is Cc1cc(N2CCCCC2)n2nc(C(C)C)nc2n1. The molecule has 19 heavy (non-hydrogen) atoms. The van der Waals surface area contributed by atoms with Crippen LogP contribution in [0.4, 0.5) is 5.82 Å². The largest absolute Gasteiger partial charge is 0.356 e. The van der Waals surface area contributed by atoms with E-state index >= 15 is 0 Å². The summed E-state index contributed by atoms with van der Waals surface area (Å²) in [5.74, 6) is 3.07. The van der Waals surface area contributed by atoms with Gasteiger partial charge in [0.1, 0.15) is 5.82 Å². The second kappa shape index (κ2) is 4.79. The van der Waals surface area contributed by atoms with Gasteiger partial charge in [0.2, 0.25) is 0 Å². The minimum absolute atomic E-state index is 0.330. The molecule has 5 heteroatoms. The normalized spacial score (nSPS) is 16.5. The molecule has 0 N–H and O–H groups in total. The molecule has 0 spiro atoms. The molecule has 0 radical (unpaired) electrons. The van der Waals surface area contributed by atoms with Gasteiger partial charge in [-0.1, -0.05) is 13.8 Å². The molecule has 0 amide bonds. The van der Waals surface area contributed by atoms with Crippen molar-refractivity contribution < 1.29 is 0 Å². The summed E-state index contributed by atoms with van der Waals surface area (Å²) in [6.07, 6.45) is 3.85. The third-order valence-corrected chi connectivity index (χ3v) is 3.63. The van der Waals surface area contributed by atoms with E-state index in [0.29, 0.717) is 5.92 Å². The van der Waals surface area contributed by atoms with Gasteiger partial charge in [-0.3, -0.25) is 0 Å². The first-order chi connectivity index (χ1) is 9.15. The maximum Gasteiger partial charge on any atom is 0.254 e. The zero-order valence-electron chi connectivity index (χ0n) is 11.9. The van der Waals surface area contributed by atoms with Crippen LogP contribution in [-0.4, -0.2) is 32.7 Å². The topological polar surface area (TPSA) is 46.3 Å². The number of hydrogen-bond acceptors (Lipinski definition) is 4. The van der Waals surface area contributed by atoms with Crippen LogP contribution in [0.1, 0.15) is 50.5 Å². The van der Waals surface area contributed by atoms with Crippen LogP contribution in [0.2, 0.25) is 0 Å². The molecule has 1 aliphatic rings. The zero-order chi connectivity index (χ0) is 13.4. The van der Waals surface area contributed by atoms with Gasteiger partial charge in [-0.25, -0.2) is 4.98 Å². The number of nitrogens with zero attached hydrogens (tertiary/aromatic N) is 5. The lowest BCUT2D eigenvalue weighted by atomic mass is 10.1. The molecule has 0 aliphatic carbocycles. The molecule has 1 saturated heterocycles. The second-order valence-corrected chi connectivity index (χ2v) is 5.64. The highest BCUT2D eigenvalue weighted by Gasteiger charge is 2.18. The summed E-state index contributed by atoms with van der Waals surface area (Å²) < 4.78 is 1.91. The number of piperidine rings is 1. The van der Waals surface area contributed by atoms with Gasteiger partial charge in [-0.15, -0.1) is 5.10 Å². The van der Waals surface area contributed by atoms with Crippen molar-refractivity contribution in [3.63, 3.8) is 0 Å². The van der Waals surface area contributed by atoms with Gasteiger partial charge >= 0.3 is 0 Å². The molecule has 102 valence electrons. The van der Waals surface area contributed by atoms with Crippen LogP contribution in [0.5, 0.6) is 0 Å². The van der Waals surface area contributed by atoms with Crippen molar-refractivity contribution in [1.82, 2.24) is 19.6 Å². The van der Waals surface area contributed by atoms with Crippen LogP contribution in [0.25, 0.3) is 5.78 Å². The predicted octanol–water partition coefficient (Wildman–Crippen LogP) is 2.55. The van der Waals surface area contributed by atoms with Gasteiger partial charge in [-0.2, -0.15) is 9.50 Å². The van der Waals surface area contributed by atoms with Crippen molar-refractivity contribution in [3.8, 4) is 0 Å². The predicted molar refractivity (Wildman–Crippen MR) is 75.7 cm³/mol. The summed E-state index contributed by atoms with van der Waals surface area (Å²) in [7, 11) is 0. The Morgan fingerprint density at radius 3 is 2.53 bits per heavy atom. The summed E-state index contributed by atoms with van der Waals surface area (Å²) in [5.41, 5.74) is 1.01. The van der Waals surface area contributed by atoms with Gasteiger partial charge < -0.3 is 4.90 Å². The van der Waals surface area contributed by atoms with E-state index in [1.54, 1.807) is 0 Å². The number of anilines is 1. The van der Waals surface area contributed by atoms with E-state index in [1.807, 2.05) is 11.4 Å². The van der Waals surface area contributed by atoms with Crippen molar-refractivity contribution in [2.75, 3.05) is 18.0 Å². The Balaban J connectivity index is 2.10. The molecular formula is C14H21N5. The highest BCUT2D eigenvalue weighted by molar-refractivity contribution is 5.48. The van der Waals surface area contributed by atoms with Crippen LogP contribution < -0.4 is 4.90 Å². The summed E-state index contributed by atoms with van der Waals surface area (Å²) in [6, 6.07) is 2.12. The summed E-state index contributed by atoms with van der Waals surface area (Å²) in [6.45, 7) is 8.46. The van der Waals surface area contributed by atoms with Gasteiger partial charge in [0.25, 0.3) is 5.78 Å². The highest BCUT2D eigenvalue weighted by Crippen LogP contribution is 2.22. The van der Waals surface area contributed by atoms with Crippen LogP contribution in [0.3, 0.4) is 0 Å². The van der Waals surface area contributed by atoms with Crippen LogP contribution >= 0.6 is 0 Å². The second-order valence-electron chi connectivity index (χ2n) is 5.64. The molecule has 0 bridgehead atoms. The first-order valence-corrected chi connectivity index (χ1v) is 7.14. The maximum absolute atomic E-state index is 4.63. The van der Waals surface area contributed by atoms with Gasteiger partial charge in [0.05, 0.1) is 0 Å². The van der Waals surface area contributed by atoms with Crippen molar-refractivity contribution in [2.24, 2.45) is 0 Å². The highest BCUT2D eigenvalue weighted by atomic mass is 15.4. The molecule has 3 heterocycles. The summed E-state index contributed by atoms with van der Waals surface area (Å²) >= 11 is 0. The fraction of sp³-hybridized carbons (Fsp3) is 0.643.